The van der Waals surface area contributed by atoms with Crippen LogP contribution in [0.3, 0.4) is 0 Å². The third kappa shape index (κ3) is 5.77. The van der Waals surface area contributed by atoms with E-state index in [1.807, 2.05) is 37.1 Å². The van der Waals surface area contributed by atoms with E-state index in [0.29, 0.717) is 31.3 Å². The Morgan fingerprint density at radius 3 is 2.44 bits per heavy atom. The van der Waals surface area contributed by atoms with Crippen LogP contribution in [0.15, 0.2) is 48.7 Å². The van der Waals surface area contributed by atoms with Gasteiger partial charge >= 0.3 is 12.2 Å². The van der Waals surface area contributed by atoms with Crippen molar-refractivity contribution in [1.82, 2.24) is 35.1 Å². The number of ether oxygens (including phenoxy) is 2. The summed E-state index contributed by atoms with van der Waals surface area (Å²) in [4.78, 5) is 57.6. The Bertz CT molecular complexity index is 2230. The van der Waals surface area contributed by atoms with Gasteiger partial charge in [0.15, 0.2) is 0 Å². The van der Waals surface area contributed by atoms with E-state index in [2.05, 4.69) is 59.5 Å². The number of imidazole rings is 2. The van der Waals surface area contributed by atoms with Crippen molar-refractivity contribution in [3.63, 3.8) is 0 Å². The van der Waals surface area contributed by atoms with Crippen LogP contribution in [0.2, 0.25) is 0 Å². The molecule has 3 aliphatic rings. The topological polar surface area (TPSA) is 166 Å². The number of hydrogen-bond acceptors (Lipinski definition) is 7. The number of carbonyl (C=O) groups is 3. The van der Waals surface area contributed by atoms with Crippen molar-refractivity contribution in [2.45, 2.75) is 65.3 Å². The summed E-state index contributed by atoms with van der Waals surface area (Å²) < 4.78 is 11.1. The number of aromatic nitrogens is 4. The Morgan fingerprint density at radius 1 is 0.962 bits per heavy atom. The number of carboxylic acid groups (broad SMARTS) is 1. The first kappa shape index (κ1) is 33.5. The second-order valence-corrected chi connectivity index (χ2v) is 15.0. The molecule has 270 valence electrons. The summed E-state index contributed by atoms with van der Waals surface area (Å²) in [5, 5.41) is 14.5. The largest absolute Gasteiger partial charge is 0.488 e. The van der Waals surface area contributed by atoms with Crippen LogP contribution in [-0.4, -0.2) is 79.2 Å². The predicted octanol–water partition coefficient (Wildman–Crippen LogP) is 7.02. The van der Waals surface area contributed by atoms with Gasteiger partial charge in [-0.1, -0.05) is 45.9 Å². The number of likely N-dealkylation sites (tertiary alicyclic amines) is 2. The molecule has 5 aromatic rings. The van der Waals surface area contributed by atoms with E-state index in [0.717, 1.165) is 68.3 Å². The molecular weight excluding hydrogens is 662 g/mol. The van der Waals surface area contributed by atoms with E-state index in [4.69, 9.17) is 19.4 Å². The standard InChI is InChI=1S/C39H43N7O6/c1-19(2)33(44-38(48)51-5)37(47)45-16-20(3)10-30(45)35-40-15-29(42-35)23-6-8-25-24(12-23)18-52-32-14-26-22(13-27(25)32)7-9-28-34(26)43-36(41-28)31-11-21(4)17-46(31)39(49)50/h6-9,12-15,19-21,30-31,33H,10-11,16-18H2,1-5H3,(H,40,42)(H,41,43)(H,44,48)(H,49,50)/t20?,21-,30?,31-,33-/m0/s1. The van der Waals surface area contributed by atoms with E-state index in [1.165, 1.54) is 12.0 Å². The molecule has 3 aromatic carbocycles. The van der Waals surface area contributed by atoms with Crippen LogP contribution in [0.25, 0.3) is 44.2 Å². The number of methoxy groups -OCH3 is 1. The van der Waals surface area contributed by atoms with Gasteiger partial charge in [-0.3, -0.25) is 9.69 Å². The molecule has 52 heavy (non-hydrogen) atoms. The molecule has 2 unspecified atom stereocenters. The minimum absolute atomic E-state index is 0.118. The molecule has 0 radical (unpaired) electrons. The van der Waals surface area contributed by atoms with E-state index >= 15 is 0 Å². The van der Waals surface area contributed by atoms with E-state index in [9.17, 15) is 19.5 Å². The highest BCUT2D eigenvalue weighted by molar-refractivity contribution is 6.07. The van der Waals surface area contributed by atoms with Gasteiger partial charge in [-0.15, -0.1) is 0 Å². The average molecular weight is 706 g/mol. The maximum atomic E-state index is 13.7. The minimum atomic E-state index is -0.926. The van der Waals surface area contributed by atoms with Gasteiger partial charge in [-0.05, 0) is 76.9 Å². The molecule has 13 heteroatoms. The third-order valence-corrected chi connectivity index (χ3v) is 10.8. The van der Waals surface area contributed by atoms with Crippen LogP contribution in [0.4, 0.5) is 9.59 Å². The molecule has 0 spiro atoms. The van der Waals surface area contributed by atoms with Gasteiger partial charge in [-0.25, -0.2) is 19.6 Å². The van der Waals surface area contributed by atoms with Crippen molar-refractivity contribution < 1.29 is 29.0 Å². The summed E-state index contributed by atoms with van der Waals surface area (Å²) in [7, 11) is 1.29. The zero-order chi connectivity index (χ0) is 36.4. The van der Waals surface area contributed by atoms with Crippen LogP contribution >= 0.6 is 0 Å². The number of nitrogens with zero attached hydrogens (tertiary/aromatic N) is 4. The summed E-state index contributed by atoms with van der Waals surface area (Å²) >= 11 is 0. The smallest absolute Gasteiger partial charge is 0.407 e. The number of carbonyl (C=O) groups excluding carboxylic acids is 2. The lowest BCUT2D eigenvalue weighted by molar-refractivity contribution is -0.135. The zero-order valence-electron chi connectivity index (χ0n) is 29.9. The Hall–Kier alpha value is -5.59. The van der Waals surface area contributed by atoms with Gasteiger partial charge in [0.25, 0.3) is 0 Å². The number of nitrogens with one attached hydrogen (secondary N) is 3. The van der Waals surface area contributed by atoms with Gasteiger partial charge in [0, 0.05) is 24.0 Å². The second kappa shape index (κ2) is 12.9. The first-order chi connectivity index (χ1) is 25.0. The van der Waals surface area contributed by atoms with Crippen LogP contribution in [0.5, 0.6) is 5.75 Å². The molecule has 13 nitrogen and oxygen atoms in total. The molecular formula is C39H43N7O6. The summed E-state index contributed by atoms with van der Waals surface area (Å²) in [5.41, 5.74) is 6.61. The summed E-state index contributed by atoms with van der Waals surface area (Å²) in [6, 6.07) is 13.3. The third-order valence-electron chi connectivity index (χ3n) is 10.8. The number of H-pyrrole nitrogens is 2. The van der Waals surface area contributed by atoms with Gasteiger partial charge in [0.05, 0.1) is 42.1 Å². The molecule has 5 atom stereocenters. The summed E-state index contributed by atoms with van der Waals surface area (Å²) in [6.45, 7) is 9.46. The Morgan fingerprint density at radius 2 is 1.71 bits per heavy atom. The molecule has 3 aliphatic heterocycles. The highest BCUT2D eigenvalue weighted by Gasteiger charge is 2.40. The normalized spacial score (nSPS) is 21.7. The van der Waals surface area contributed by atoms with E-state index in [-0.39, 0.29) is 35.7 Å². The first-order valence-electron chi connectivity index (χ1n) is 17.9. The van der Waals surface area contributed by atoms with Gasteiger partial charge in [-0.2, -0.15) is 0 Å². The van der Waals surface area contributed by atoms with Crippen LogP contribution in [0.1, 0.15) is 69.8 Å². The number of benzene rings is 3. The highest BCUT2D eigenvalue weighted by atomic mass is 16.5. The fraction of sp³-hybridized carbons (Fsp3) is 0.410. The Labute approximate surface area is 300 Å². The number of hydrogen-bond donors (Lipinski definition) is 4. The first-order valence-corrected chi connectivity index (χ1v) is 17.9. The van der Waals surface area contributed by atoms with Crippen LogP contribution < -0.4 is 10.1 Å². The summed E-state index contributed by atoms with van der Waals surface area (Å²) in [5.74, 6) is 2.43. The molecule has 8 rings (SSSR count). The predicted molar refractivity (Wildman–Crippen MR) is 195 cm³/mol. The zero-order valence-corrected chi connectivity index (χ0v) is 29.9. The van der Waals surface area contributed by atoms with Crippen molar-refractivity contribution in [2.24, 2.45) is 17.8 Å². The molecule has 2 aromatic heterocycles. The lowest BCUT2D eigenvalue weighted by Gasteiger charge is -2.30. The average Bonchev–Trinajstić information content (AvgIpc) is 3.94. The Kier molecular flexibility index (Phi) is 8.31. The molecule has 5 heterocycles. The second-order valence-electron chi connectivity index (χ2n) is 15.0. The van der Waals surface area contributed by atoms with Crippen molar-refractivity contribution in [3.8, 4) is 28.1 Å². The van der Waals surface area contributed by atoms with E-state index < -0.39 is 18.2 Å². The lowest BCUT2D eigenvalue weighted by atomic mass is 9.92. The van der Waals surface area contributed by atoms with Crippen molar-refractivity contribution in [2.75, 3.05) is 20.2 Å². The maximum Gasteiger partial charge on any atom is 0.407 e. The van der Waals surface area contributed by atoms with Gasteiger partial charge in [0.1, 0.15) is 30.0 Å². The molecule has 3 amide bonds. The lowest BCUT2D eigenvalue weighted by Crippen LogP contribution is -2.51. The quantitative estimate of drug-likeness (QED) is 0.146. The molecule has 0 saturated carbocycles. The number of aromatic amines is 2. The van der Waals surface area contributed by atoms with Gasteiger partial charge in [0.2, 0.25) is 5.91 Å². The fourth-order valence-corrected chi connectivity index (χ4v) is 8.23. The molecule has 0 bridgehead atoms. The van der Waals surface area contributed by atoms with E-state index in [1.54, 1.807) is 0 Å². The number of alkyl carbamates (subject to hydrolysis) is 1. The highest BCUT2D eigenvalue weighted by Crippen LogP contribution is 2.44. The number of rotatable bonds is 6. The maximum absolute atomic E-state index is 13.7. The summed E-state index contributed by atoms with van der Waals surface area (Å²) in [6.07, 6.45) is 1.75. The van der Waals surface area contributed by atoms with Crippen LogP contribution in [-0.2, 0) is 16.1 Å². The molecule has 0 aliphatic carbocycles. The number of amides is 3. The van der Waals surface area contributed by atoms with Crippen molar-refractivity contribution >= 4 is 39.9 Å². The van der Waals surface area contributed by atoms with Gasteiger partial charge < -0.3 is 34.8 Å². The van der Waals surface area contributed by atoms with Crippen LogP contribution in [0, 0.1) is 17.8 Å². The Balaban J connectivity index is 1.06. The fourth-order valence-electron chi connectivity index (χ4n) is 8.23. The monoisotopic (exact) mass is 705 g/mol. The molecule has 2 saturated heterocycles. The molecule has 2 fully saturated rings. The van der Waals surface area contributed by atoms with Crippen molar-refractivity contribution in [3.05, 3.63) is 65.9 Å². The SMILES string of the molecule is COC(=O)N[C@H](C(=O)N1CC(C)CC1c1ncc(-c2ccc3c(c2)COc2cc4c(ccc5[nH]c([C@@H]6C[C@H](C)CN6C(=O)O)nc54)cc2-3)[nH]1)C(C)C. The van der Waals surface area contributed by atoms with Crippen molar-refractivity contribution in [1.29, 1.82) is 0 Å². The molecule has 4 N–H and O–H groups in total. The minimum Gasteiger partial charge on any atom is -0.488 e. The number of fused-ring (bicyclic) bond motifs is 6.